The molecule has 3 rings (SSSR count). The third-order valence-electron chi connectivity index (χ3n) is 5.11. The van der Waals surface area contributed by atoms with E-state index in [0.717, 1.165) is 12.8 Å². The Morgan fingerprint density at radius 1 is 1.38 bits per heavy atom. The Bertz CT molecular complexity index is 627. The Hall–Kier alpha value is -1.73. The Labute approximate surface area is 141 Å². The predicted molar refractivity (Wildman–Crippen MR) is 87.5 cm³/mol. The van der Waals surface area contributed by atoms with Crippen LogP contribution in [0.25, 0.3) is 0 Å². The van der Waals surface area contributed by atoms with E-state index < -0.39 is 5.60 Å². The van der Waals surface area contributed by atoms with Gasteiger partial charge in [-0.3, -0.25) is 9.59 Å². The first kappa shape index (κ1) is 17.1. The maximum absolute atomic E-state index is 12.4. The largest absolute Gasteiger partial charge is 0.390 e. The number of carbonyl (C=O) groups is 1. The van der Waals surface area contributed by atoms with Crippen molar-refractivity contribution < 1.29 is 14.6 Å². The quantitative estimate of drug-likeness (QED) is 0.844. The monoisotopic (exact) mass is 335 g/mol. The molecule has 2 aliphatic heterocycles. The summed E-state index contributed by atoms with van der Waals surface area (Å²) in [6, 6.07) is 3.07. The van der Waals surface area contributed by atoms with Gasteiger partial charge in [0, 0.05) is 38.4 Å². The molecule has 0 aromatic carbocycles. The molecule has 0 aliphatic carbocycles. The van der Waals surface area contributed by atoms with Crippen molar-refractivity contribution in [3.05, 3.63) is 28.2 Å². The number of hydrogen-bond donors (Lipinski definition) is 2. The molecule has 0 bridgehead atoms. The van der Waals surface area contributed by atoms with Crippen molar-refractivity contribution in [2.45, 2.75) is 56.7 Å². The summed E-state index contributed by atoms with van der Waals surface area (Å²) in [5.74, 6) is 0.0976. The van der Waals surface area contributed by atoms with Crippen LogP contribution in [0, 0.1) is 0 Å². The van der Waals surface area contributed by atoms with Gasteiger partial charge in [0.1, 0.15) is 0 Å². The van der Waals surface area contributed by atoms with Gasteiger partial charge in [0.25, 0.3) is 5.56 Å². The van der Waals surface area contributed by atoms with Crippen LogP contribution in [0.5, 0.6) is 0 Å². The third kappa shape index (κ3) is 4.02. The number of piperidine rings is 1. The minimum Gasteiger partial charge on any atom is -0.390 e. The summed E-state index contributed by atoms with van der Waals surface area (Å²) in [5.41, 5.74) is -0.475. The Morgan fingerprint density at radius 3 is 2.75 bits per heavy atom. The first-order valence-electron chi connectivity index (χ1n) is 8.56. The summed E-state index contributed by atoms with van der Waals surface area (Å²) in [7, 11) is 0. The number of hydrogen-bond acceptors (Lipinski definition) is 5. The number of carbonyl (C=O) groups excluding carboxylic acids is 1. The number of aromatic amines is 1. The van der Waals surface area contributed by atoms with Gasteiger partial charge in [-0.2, -0.15) is 5.10 Å². The van der Waals surface area contributed by atoms with Gasteiger partial charge in [0.05, 0.1) is 23.5 Å². The van der Waals surface area contributed by atoms with Crippen LogP contribution < -0.4 is 5.56 Å². The zero-order valence-electron chi connectivity index (χ0n) is 14.1. The Balaban J connectivity index is 1.50. The zero-order chi connectivity index (χ0) is 17.2. The standard InChI is InChI=1S/C17H25N3O4/c1-16(23)8-11-24-17(12-16)6-9-20(10-7-17)15(22)5-3-13-2-4-14(21)19-18-13/h2,4,23H,3,5-12H2,1H3,(H,19,21). The van der Waals surface area contributed by atoms with Gasteiger partial charge in [-0.25, -0.2) is 5.10 Å². The number of nitrogens with zero attached hydrogens (tertiary/aromatic N) is 2. The molecule has 132 valence electrons. The number of rotatable bonds is 3. The number of aromatic nitrogens is 2. The van der Waals surface area contributed by atoms with E-state index in [2.05, 4.69) is 10.2 Å². The van der Waals surface area contributed by atoms with Crippen LogP contribution in [0.2, 0.25) is 0 Å². The van der Waals surface area contributed by atoms with Crippen molar-refractivity contribution in [1.82, 2.24) is 15.1 Å². The van der Waals surface area contributed by atoms with Gasteiger partial charge < -0.3 is 14.7 Å². The maximum atomic E-state index is 12.4. The molecule has 1 atom stereocenters. The molecule has 1 amide bonds. The van der Waals surface area contributed by atoms with E-state index in [1.807, 2.05) is 11.8 Å². The molecule has 0 saturated carbocycles. The first-order chi connectivity index (χ1) is 11.4. The number of likely N-dealkylation sites (tertiary alicyclic amines) is 1. The fourth-order valence-corrected chi connectivity index (χ4v) is 3.71. The van der Waals surface area contributed by atoms with Crippen molar-refractivity contribution in [2.75, 3.05) is 19.7 Å². The fraction of sp³-hybridized carbons (Fsp3) is 0.706. The summed E-state index contributed by atoms with van der Waals surface area (Å²) in [5, 5.41) is 16.6. The lowest BCUT2D eigenvalue weighted by Gasteiger charge is -2.48. The second-order valence-corrected chi connectivity index (χ2v) is 7.25. The smallest absolute Gasteiger partial charge is 0.264 e. The maximum Gasteiger partial charge on any atom is 0.264 e. The van der Waals surface area contributed by atoms with Gasteiger partial charge in [-0.1, -0.05) is 0 Å². The second kappa shape index (κ2) is 6.64. The second-order valence-electron chi connectivity index (χ2n) is 7.25. The number of amides is 1. The van der Waals surface area contributed by atoms with Crippen LogP contribution in [0.15, 0.2) is 16.9 Å². The van der Waals surface area contributed by atoms with Gasteiger partial charge in [-0.05, 0) is 32.3 Å². The van der Waals surface area contributed by atoms with Gasteiger partial charge >= 0.3 is 0 Å². The van der Waals surface area contributed by atoms with Gasteiger partial charge in [-0.15, -0.1) is 0 Å². The molecule has 2 N–H and O–H groups in total. The third-order valence-corrected chi connectivity index (χ3v) is 5.11. The summed E-state index contributed by atoms with van der Waals surface area (Å²) in [4.78, 5) is 25.2. The molecule has 2 aliphatic rings. The van der Waals surface area contributed by atoms with Gasteiger partial charge in [0.2, 0.25) is 5.91 Å². The molecule has 7 nitrogen and oxygen atoms in total. The molecule has 2 fully saturated rings. The molecule has 7 heteroatoms. The van der Waals surface area contributed by atoms with Gasteiger partial charge in [0.15, 0.2) is 0 Å². The number of aliphatic hydroxyl groups is 1. The fourth-order valence-electron chi connectivity index (χ4n) is 3.71. The summed E-state index contributed by atoms with van der Waals surface area (Å²) in [6.45, 7) is 3.77. The molecular formula is C17H25N3O4. The topological polar surface area (TPSA) is 95.5 Å². The van der Waals surface area contributed by atoms with E-state index in [1.165, 1.54) is 6.07 Å². The number of H-pyrrole nitrogens is 1. The predicted octanol–water partition coefficient (Wildman–Crippen LogP) is 0.625. The molecule has 0 radical (unpaired) electrons. The number of nitrogens with one attached hydrogen (secondary N) is 1. The molecule has 1 aromatic rings. The van der Waals surface area contributed by atoms with Crippen molar-refractivity contribution >= 4 is 5.91 Å². The van der Waals surface area contributed by atoms with Crippen LogP contribution in [0.4, 0.5) is 0 Å². The van der Waals surface area contributed by atoms with Crippen LogP contribution in [0.1, 0.15) is 44.7 Å². The minimum absolute atomic E-state index is 0.0976. The van der Waals surface area contributed by atoms with Crippen molar-refractivity contribution in [2.24, 2.45) is 0 Å². The van der Waals surface area contributed by atoms with Crippen LogP contribution in [0.3, 0.4) is 0 Å². The molecular weight excluding hydrogens is 310 g/mol. The van der Waals surface area contributed by atoms with Crippen LogP contribution >= 0.6 is 0 Å². The van der Waals surface area contributed by atoms with Crippen LogP contribution in [-0.4, -0.2) is 57.0 Å². The van der Waals surface area contributed by atoms with Crippen molar-refractivity contribution in [3.8, 4) is 0 Å². The van der Waals surface area contributed by atoms with Crippen molar-refractivity contribution in [3.63, 3.8) is 0 Å². The summed E-state index contributed by atoms with van der Waals surface area (Å²) >= 11 is 0. The van der Waals surface area contributed by atoms with E-state index in [-0.39, 0.29) is 17.1 Å². The van der Waals surface area contributed by atoms with E-state index in [4.69, 9.17) is 4.74 Å². The minimum atomic E-state index is -0.666. The summed E-state index contributed by atoms with van der Waals surface area (Å²) in [6.07, 6.45) is 3.75. The molecule has 1 aromatic heterocycles. The molecule has 24 heavy (non-hydrogen) atoms. The highest BCUT2D eigenvalue weighted by Crippen LogP contribution is 2.39. The normalized spacial score (nSPS) is 26.5. The lowest BCUT2D eigenvalue weighted by molar-refractivity contribution is -0.175. The first-order valence-corrected chi connectivity index (χ1v) is 8.56. The van der Waals surface area contributed by atoms with E-state index in [9.17, 15) is 14.7 Å². The van der Waals surface area contributed by atoms with E-state index in [0.29, 0.717) is 51.1 Å². The molecule has 3 heterocycles. The average molecular weight is 335 g/mol. The highest BCUT2D eigenvalue weighted by atomic mass is 16.5. The number of aryl methyl sites for hydroxylation is 1. The van der Waals surface area contributed by atoms with Crippen molar-refractivity contribution in [1.29, 1.82) is 0 Å². The SMILES string of the molecule is CC1(O)CCOC2(CCN(C(=O)CCc3ccc(=O)[nH]n3)CC2)C1. The molecule has 1 unspecified atom stereocenters. The van der Waals surface area contributed by atoms with E-state index >= 15 is 0 Å². The highest BCUT2D eigenvalue weighted by molar-refractivity contribution is 5.76. The molecule has 1 spiro atoms. The molecule has 2 saturated heterocycles. The average Bonchev–Trinajstić information content (AvgIpc) is 2.53. The zero-order valence-corrected chi connectivity index (χ0v) is 14.1. The summed E-state index contributed by atoms with van der Waals surface area (Å²) < 4.78 is 5.97. The van der Waals surface area contributed by atoms with Crippen LogP contribution in [-0.2, 0) is 16.0 Å². The number of ether oxygens (including phenoxy) is 1. The lowest BCUT2D eigenvalue weighted by atomic mass is 9.78. The highest BCUT2D eigenvalue weighted by Gasteiger charge is 2.44. The van der Waals surface area contributed by atoms with E-state index in [1.54, 1.807) is 6.07 Å². The Kier molecular flexibility index (Phi) is 4.73. The lowest BCUT2D eigenvalue weighted by Crippen LogP contribution is -2.54. The Morgan fingerprint density at radius 2 is 2.12 bits per heavy atom.